The number of hydrogen-bond acceptors (Lipinski definition) is 0. The molecule has 12 heavy (non-hydrogen) atoms. The second-order valence-electron chi connectivity index (χ2n) is 3.65. The zero-order valence-corrected chi connectivity index (χ0v) is 9.06. The van der Waals surface area contributed by atoms with E-state index < -0.39 is 0 Å². The fraction of sp³-hybridized carbons (Fsp3) is 0.818. The molecule has 69 valence electrons. The first kappa shape index (κ1) is 11.8. The molecule has 0 fully saturated rings. The normalized spacial score (nSPS) is 15.3. The smallest absolute Gasteiger partial charge is 0.0996 e. The molecule has 0 aromatic rings. The van der Waals surface area contributed by atoms with Gasteiger partial charge in [-0.15, -0.1) is 0 Å². The van der Waals surface area contributed by atoms with Crippen molar-refractivity contribution in [3.63, 3.8) is 0 Å². The molecule has 0 amide bonds. The fourth-order valence-electron chi connectivity index (χ4n) is 1.51. The molecule has 0 bridgehead atoms. The first-order valence-corrected chi connectivity index (χ1v) is 5.12. The molecule has 0 aliphatic rings. The number of allylic oxidation sites excluding steroid dienone is 1. The minimum atomic E-state index is 0.691. The molecule has 0 heterocycles. The van der Waals surface area contributed by atoms with Crippen LogP contribution < -0.4 is 0 Å². The van der Waals surface area contributed by atoms with E-state index in [2.05, 4.69) is 41.5 Å². The van der Waals surface area contributed by atoms with E-state index in [1.807, 2.05) is 0 Å². The van der Waals surface area contributed by atoms with Crippen LogP contribution in [0, 0.1) is 5.92 Å². The molecule has 1 heteroatoms. The molecule has 0 nitrogen and oxygen atoms in total. The van der Waals surface area contributed by atoms with Crippen molar-refractivity contribution >= 4 is 7.28 Å². The first-order chi connectivity index (χ1) is 5.65. The van der Waals surface area contributed by atoms with Gasteiger partial charge in [-0.1, -0.05) is 58.4 Å². The van der Waals surface area contributed by atoms with Crippen molar-refractivity contribution < 1.29 is 0 Å². The van der Waals surface area contributed by atoms with E-state index in [-0.39, 0.29) is 0 Å². The summed E-state index contributed by atoms with van der Waals surface area (Å²) >= 11 is 0. The summed E-state index contributed by atoms with van der Waals surface area (Å²) in [5.41, 5.74) is 1.40. The van der Waals surface area contributed by atoms with Crippen molar-refractivity contribution in [2.24, 2.45) is 5.92 Å². The zero-order chi connectivity index (χ0) is 9.56. The molecule has 0 aliphatic heterocycles. The number of rotatable bonds is 6. The van der Waals surface area contributed by atoms with Gasteiger partial charge >= 0.3 is 0 Å². The van der Waals surface area contributed by atoms with Crippen molar-refractivity contribution in [3.8, 4) is 0 Å². The van der Waals surface area contributed by atoms with E-state index in [9.17, 15) is 0 Å². The predicted octanol–water partition coefficient (Wildman–Crippen LogP) is 3.93. The second-order valence-corrected chi connectivity index (χ2v) is 3.65. The monoisotopic (exact) mass is 165 g/mol. The average Bonchev–Trinajstić information content (AvgIpc) is 2.12. The Balaban J connectivity index is 3.80. The predicted molar refractivity (Wildman–Crippen MR) is 58.9 cm³/mol. The van der Waals surface area contributed by atoms with Crippen LogP contribution in [0.4, 0.5) is 0 Å². The summed E-state index contributed by atoms with van der Waals surface area (Å²) < 4.78 is 0. The Kier molecular flexibility index (Phi) is 6.23. The van der Waals surface area contributed by atoms with Gasteiger partial charge in [-0.25, -0.2) is 0 Å². The highest BCUT2D eigenvalue weighted by atomic mass is 14.1. The van der Waals surface area contributed by atoms with Crippen LogP contribution in [0.15, 0.2) is 12.2 Å². The van der Waals surface area contributed by atoms with Crippen molar-refractivity contribution in [3.05, 3.63) is 12.2 Å². The molecule has 0 aliphatic carbocycles. The zero-order valence-electron chi connectivity index (χ0n) is 9.06. The molecule has 0 saturated heterocycles. The third-order valence-electron chi connectivity index (χ3n) is 2.80. The molecule has 0 spiro atoms. The minimum absolute atomic E-state index is 0.691. The lowest BCUT2D eigenvalue weighted by molar-refractivity contribution is 0.558. The summed E-state index contributed by atoms with van der Waals surface area (Å²) in [6.07, 6.45) is 3.67. The van der Waals surface area contributed by atoms with Gasteiger partial charge in [0.2, 0.25) is 0 Å². The summed E-state index contributed by atoms with van der Waals surface area (Å²) in [4.78, 5) is 0. The van der Waals surface area contributed by atoms with Crippen LogP contribution in [-0.2, 0) is 0 Å². The lowest BCUT2D eigenvalue weighted by Crippen LogP contribution is -2.06. The van der Waals surface area contributed by atoms with Gasteiger partial charge in [-0.05, 0) is 12.3 Å². The Morgan fingerprint density at radius 2 is 2.00 bits per heavy atom. The molecule has 0 saturated carbocycles. The molecule has 0 aromatic heterocycles. The largest absolute Gasteiger partial charge is 0.110 e. The Morgan fingerprint density at radius 3 is 2.33 bits per heavy atom. The average molecular weight is 165 g/mol. The van der Waals surface area contributed by atoms with Gasteiger partial charge in [-0.3, -0.25) is 0 Å². The Morgan fingerprint density at radius 1 is 1.42 bits per heavy atom. The first-order valence-electron chi connectivity index (χ1n) is 5.12. The SMILES string of the molecule is C=C(CC)C(C)CC([B]C)CC. The molecule has 2 unspecified atom stereocenters. The maximum Gasteiger partial charge on any atom is 0.110 e. The maximum atomic E-state index is 4.08. The Bertz CT molecular complexity index is 125. The van der Waals surface area contributed by atoms with Gasteiger partial charge in [0, 0.05) is 0 Å². The topological polar surface area (TPSA) is 0 Å². The molecular formula is C11H22B. The van der Waals surface area contributed by atoms with Gasteiger partial charge in [0.05, 0.1) is 0 Å². The van der Waals surface area contributed by atoms with E-state index in [0.29, 0.717) is 5.92 Å². The van der Waals surface area contributed by atoms with Gasteiger partial charge in [-0.2, -0.15) is 0 Å². The lowest BCUT2D eigenvalue weighted by Gasteiger charge is -2.19. The van der Waals surface area contributed by atoms with Crippen molar-refractivity contribution in [1.29, 1.82) is 0 Å². The van der Waals surface area contributed by atoms with Gasteiger partial charge < -0.3 is 0 Å². The standard InChI is InChI=1S/C11H22B/c1-6-9(3)10(4)8-11(7-2)12-5/h10-11H,3,6-8H2,1-2,4-5H3. The third-order valence-corrected chi connectivity index (χ3v) is 2.80. The molecule has 1 radical (unpaired) electrons. The van der Waals surface area contributed by atoms with Crippen molar-refractivity contribution in [2.45, 2.75) is 52.7 Å². The van der Waals surface area contributed by atoms with E-state index in [4.69, 9.17) is 0 Å². The minimum Gasteiger partial charge on any atom is -0.0996 e. The van der Waals surface area contributed by atoms with Crippen molar-refractivity contribution in [1.82, 2.24) is 0 Å². The second kappa shape index (κ2) is 6.34. The molecule has 0 N–H and O–H groups in total. The lowest BCUT2D eigenvalue weighted by atomic mass is 9.62. The molecule has 0 aromatic carbocycles. The van der Waals surface area contributed by atoms with E-state index in [1.165, 1.54) is 18.4 Å². The molecule has 2 atom stereocenters. The highest BCUT2D eigenvalue weighted by Crippen LogP contribution is 2.25. The van der Waals surface area contributed by atoms with Gasteiger partial charge in [0.15, 0.2) is 0 Å². The van der Waals surface area contributed by atoms with Crippen LogP contribution in [0.5, 0.6) is 0 Å². The van der Waals surface area contributed by atoms with Crippen molar-refractivity contribution in [2.75, 3.05) is 0 Å². The number of hydrogen-bond donors (Lipinski definition) is 0. The van der Waals surface area contributed by atoms with Crippen LogP contribution >= 0.6 is 0 Å². The summed E-state index contributed by atoms with van der Waals surface area (Å²) in [7, 11) is 2.32. The van der Waals surface area contributed by atoms with Crippen LogP contribution in [0.1, 0.15) is 40.0 Å². The quantitative estimate of drug-likeness (QED) is 0.413. The highest BCUT2D eigenvalue weighted by Gasteiger charge is 2.11. The van der Waals surface area contributed by atoms with Crippen LogP contribution in [-0.4, -0.2) is 7.28 Å². The highest BCUT2D eigenvalue weighted by molar-refractivity contribution is 6.35. The maximum absolute atomic E-state index is 4.08. The van der Waals surface area contributed by atoms with Crippen LogP contribution in [0.25, 0.3) is 0 Å². The van der Waals surface area contributed by atoms with Crippen LogP contribution in [0.2, 0.25) is 12.6 Å². The van der Waals surface area contributed by atoms with E-state index in [1.54, 1.807) is 0 Å². The summed E-state index contributed by atoms with van der Waals surface area (Å²) in [6.45, 7) is 13.0. The summed E-state index contributed by atoms with van der Waals surface area (Å²) in [5.74, 6) is 1.47. The van der Waals surface area contributed by atoms with Gasteiger partial charge in [0.25, 0.3) is 0 Å². The molecular weight excluding hydrogens is 143 g/mol. The summed E-state index contributed by atoms with van der Waals surface area (Å²) in [6, 6.07) is 0. The third kappa shape index (κ3) is 3.99. The molecule has 0 rings (SSSR count). The fourth-order valence-corrected chi connectivity index (χ4v) is 1.51. The Labute approximate surface area is 78.7 Å². The van der Waals surface area contributed by atoms with Crippen LogP contribution in [0.3, 0.4) is 0 Å². The summed E-state index contributed by atoms with van der Waals surface area (Å²) in [5, 5.41) is 0. The van der Waals surface area contributed by atoms with E-state index >= 15 is 0 Å². The van der Waals surface area contributed by atoms with Gasteiger partial charge in [0.1, 0.15) is 7.28 Å². The Hall–Kier alpha value is -0.195. The van der Waals surface area contributed by atoms with E-state index in [0.717, 1.165) is 12.2 Å².